The van der Waals surface area contributed by atoms with E-state index in [1.54, 1.807) is 4.90 Å². The first-order valence-corrected chi connectivity index (χ1v) is 15.5. The van der Waals surface area contributed by atoms with E-state index in [0.29, 0.717) is 56.0 Å². The molecule has 11 nitrogen and oxygen atoms in total. The Balaban J connectivity index is 0.989. The van der Waals surface area contributed by atoms with Gasteiger partial charge in [-0.1, -0.05) is 41.3 Å². The maximum absolute atomic E-state index is 13.5. The summed E-state index contributed by atoms with van der Waals surface area (Å²) in [5, 5.41) is 4.03. The molecule has 2 aromatic carbocycles. The van der Waals surface area contributed by atoms with Crippen LogP contribution in [0, 0.1) is 18.3 Å². The van der Waals surface area contributed by atoms with Crippen molar-refractivity contribution in [1.82, 2.24) is 25.1 Å². The molecule has 4 aliphatic rings. The molecule has 4 amide bonds. The Labute approximate surface area is 258 Å². The standard InChI is InChI=1S/C33H40N6O5/c1-2-20-43-29-10-8-27(9-11-29)36-16-18-37(19-17-36)33(42)44-39-31(40)30-23-34-22-28(38(30)32(39)41)21-25-12-14-35(15-13-25)24-26-6-4-3-5-7-26/h1,3-11,25,28,30,34H,12-24H2. The number of hydrogen-bond acceptors (Lipinski definition) is 8. The number of terminal acetylenes is 1. The van der Waals surface area contributed by atoms with Crippen molar-refractivity contribution in [3.05, 3.63) is 60.2 Å². The molecule has 0 aliphatic carbocycles. The van der Waals surface area contributed by atoms with Crippen molar-refractivity contribution in [2.24, 2.45) is 5.92 Å². The van der Waals surface area contributed by atoms with Crippen LogP contribution in [0.2, 0.25) is 0 Å². The number of rotatable bonds is 8. The number of nitrogens with zero attached hydrogens (tertiary/aromatic N) is 5. The van der Waals surface area contributed by atoms with Crippen molar-refractivity contribution in [3.63, 3.8) is 0 Å². The third-order valence-corrected chi connectivity index (χ3v) is 9.12. The second-order valence-corrected chi connectivity index (χ2v) is 11.9. The van der Waals surface area contributed by atoms with E-state index < -0.39 is 24.1 Å². The molecule has 6 rings (SSSR count). The number of ether oxygens (including phenoxy) is 1. The summed E-state index contributed by atoms with van der Waals surface area (Å²) in [6.45, 7) is 6.17. The van der Waals surface area contributed by atoms with E-state index in [1.807, 2.05) is 30.3 Å². The largest absolute Gasteiger partial charge is 0.481 e. The van der Waals surface area contributed by atoms with Crippen LogP contribution < -0.4 is 15.0 Å². The molecule has 4 saturated heterocycles. The number of urea groups is 1. The maximum atomic E-state index is 13.5. The highest BCUT2D eigenvalue weighted by Crippen LogP contribution is 2.31. The van der Waals surface area contributed by atoms with E-state index in [-0.39, 0.29) is 12.6 Å². The first kappa shape index (κ1) is 29.8. The third kappa shape index (κ3) is 6.61. The Morgan fingerprint density at radius 1 is 0.932 bits per heavy atom. The minimum absolute atomic E-state index is 0.119. The maximum Gasteiger partial charge on any atom is 0.434 e. The minimum atomic E-state index is -0.681. The SMILES string of the molecule is C#CCOc1ccc(N2CCN(C(=O)ON3C(=O)C4CNCC(CC5CCN(Cc6ccccc6)CC5)N4C3=O)CC2)cc1. The molecular weight excluding hydrogens is 560 g/mol. The Morgan fingerprint density at radius 2 is 1.66 bits per heavy atom. The van der Waals surface area contributed by atoms with E-state index >= 15 is 0 Å². The van der Waals surface area contributed by atoms with E-state index in [1.165, 1.54) is 10.5 Å². The van der Waals surface area contributed by atoms with Gasteiger partial charge in [-0.3, -0.25) is 9.69 Å². The Hall–Kier alpha value is -4.27. The number of imide groups is 1. The van der Waals surface area contributed by atoms with Crippen molar-refractivity contribution < 1.29 is 24.0 Å². The lowest BCUT2D eigenvalue weighted by Gasteiger charge is -2.39. The molecule has 4 heterocycles. The number of likely N-dealkylation sites (tertiary alicyclic amines) is 1. The lowest BCUT2D eigenvalue weighted by Crippen LogP contribution is -2.57. The van der Waals surface area contributed by atoms with Crippen LogP contribution in [0.3, 0.4) is 0 Å². The zero-order valence-corrected chi connectivity index (χ0v) is 25.0. The van der Waals surface area contributed by atoms with Gasteiger partial charge in [-0.2, -0.15) is 0 Å². The summed E-state index contributed by atoms with van der Waals surface area (Å²) < 4.78 is 5.44. The van der Waals surface area contributed by atoms with Gasteiger partial charge in [0.2, 0.25) is 0 Å². The summed E-state index contributed by atoms with van der Waals surface area (Å²) in [5.74, 6) is 3.13. The highest BCUT2D eigenvalue weighted by molar-refractivity contribution is 6.04. The molecule has 0 bridgehead atoms. The molecule has 0 saturated carbocycles. The van der Waals surface area contributed by atoms with Gasteiger partial charge in [0.1, 0.15) is 18.4 Å². The van der Waals surface area contributed by atoms with Gasteiger partial charge in [-0.25, -0.2) is 9.59 Å². The van der Waals surface area contributed by atoms with E-state index in [4.69, 9.17) is 16.0 Å². The molecule has 2 unspecified atom stereocenters. The fourth-order valence-corrected chi connectivity index (χ4v) is 6.72. The Morgan fingerprint density at radius 3 is 2.36 bits per heavy atom. The number of piperazine rings is 2. The fourth-order valence-electron chi connectivity index (χ4n) is 6.72. The monoisotopic (exact) mass is 600 g/mol. The minimum Gasteiger partial charge on any atom is -0.481 e. The molecular formula is C33H40N6O5. The van der Waals surface area contributed by atoms with Crippen LogP contribution >= 0.6 is 0 Å². The van der Waals surface area contributed by atoms with Gasteiger partial charge < -0.3 is 29.6 Å². The quantitative estimate of drug-likeness (QED) is 0.365. The van der Waals surface area contributed by atoms with Gasteiger partial charge in [0.05, 0.1) is 0 Å². The lowest BCUT2D eigenvalue weighted by atomic mass is 9.88. The van der Waals surface area contributed by atoms with Crippen LogP contribution in [0.5, 0.6) is 5.75 Å². The average Bonchev–Trinajstić information content (AvgIpc) is 3.31. The molecule has 2 atom stereocenters. The summed E-state index contributed by atoms with van der Waals surface area (Å²) in [6.07, 6.45) is 7.50. The Kier molecular flexibility index (Phi) is 9.19. The molecule has 232 valence electrons. The van der Waals surface area contributed by atoms with Crippen molar-refractivity contribution >= 4 is 23.7 Å². The van der Waals surface area contributed by atoms with Crippen molar-refractivity contribution in [2.45, 2.75) is 37.9 Å². The topological polar surface area (TPSA) is 97.9 Å². The second-order valence-electron chi connectivity index (χ2n) is 11.9. The highest BCUT2D eigenvalue weighted by Gasteiger charge is 2.52. The molecule has 1 N–H and O–H groups in total. The van der Waals surface area contributed by atoms with Gasteiger partial charge in [0, 0.05) is 57.5 Å². The zero-order valence-electron chi connectivity index (χ0n) is 25.0. The van der Waals surface area contributed by atoms with E-state index in [0.717, 1.165) is 44.6 Å². The van der Waals surface area contributed by atoms with Gasteiger partial charge in [-0.05, 0) is 68.1 Å². The number of hydrogen-bond donors (Lipinski definition) is 1. The van der Waals surface area contributed by atoms with Crippen molar-refractivity contribution in [3.8, 4) is 18.1 Å². The van der Waals surface area contributed by atoms with Crippen molar-refractivity contribution in [1.29, 1.82) is 0 Å². The highest BCUT2D eigenvalue weighted by atomic mass is 16.7. The van der Waals surface area contributed by atoms with Crippen LogP contribution in [0.1, 0.15) is 24.8 Å². The summed E-state index contributed by atoms with van der Waals surface area (Å²) >= 11 is 0. The molecule has 2 aromatic rings. The molecule has 44 heavy (non-hydrogen) atoms. The van der Waals surface area contributed by atoms with E-state index in [9.17, 15) is 14.4 Å². The van der Waals surface area contributed by atoms with Crippen LogP contribution in [-0.4, -0.2) is 109 Å². The first-order chi connectivity index (χ1) is 21.5. The smallest absolute Gasteiger partial charge is 0.434 e. The number of hydroxylamine groups is 2. The lowest BCUT2D eigenvalue weighted by molar-refractivity contribution is -0.151. The van der Waals surface area contributed by atoms with Crippen LogP contribution in [0.4, 0.5) is 15.3 Å². The zero-order chi connectivity index (χ0) is 30.5. The summed E-state index contributed by atoms with van der Waals surface area (Å²) in [7, 11) is 0. The summed E-state index contributed by atoms with van der Waals surface area (Å²) in [4.78, 5) is 53.1. The van der Waals surface area contributed by atoms with Gasteiger partial charge >= 0.3 is 12.1 Å². The molecule has 0 spiro atoms. The van der Waals surface area contributed by atoms with Crippen LogP contribution in [-0.2, 0) is 16.2 Å². The number of amides is 4. The number of anilines is 1. The fraction of sp³-hybridized carbons (Fsp3) is 0.485. The van der Waals surface area contributed by atoms with Crippen LogP contribution in [0.25, 0.3) is 0 Å². The number of fused-ring (bicyclic) bond motifs is 1. The Bertz CT molecular complexity index is 1350. The predicted octanol–water partition coefficient (Wildman–Crippen LogP) is 2.78. The van der Waals surface area contributed by atoms with Gasteiger partial charge in [0.25, 0.3) is 5.91 Å². The normalized spacial score (nSPS) is 23.0. The van der Waals surface area contributed by atoms with E-state index in [2.05, 4.69) is 45.3 Å². The second kappa shape index (κ2) is 13.6. The number of carbonyl (C=O) groups is 3. The molecule has 11 heteroatoms. The molecule has 4 aliphatic heterocycles. The number of piperidine rings is 1. The van der Waals surface area contributed by atoms with Crippen molar-refractivity contribution in [2.75, 3.05) is 63.9 Å². The number of carbonyl (C=O) groups excluding carboxylic acids is 3. The van der Waals surface area contributed by atoms with Crippen LogP contribution in [0.15, 0.2) is 54.6 Å². The van der Waals surface area contributed by atoms with Gasteiger partial charge in [-0.15, -0.1) is 6.42 Å². The third-order valence-electron chi connectivity index (χ3n) is 9.12. The predicted molar refractivity (Wildman–Crippen MR) is 165 cm³/mol. The molecule has 0 radical (unpaired) electrons. The first-order valence-electron chi connectivity index (χ1n) is 15.5. The number of benzene rings is 2. The summed E-state index contributed by atoms with van der Waals surface area (Å²) in [6, 6.07) is 16.8. The number of nitrogens with one attached hydrogen (secondary N) is 1. The summed E-state index contributed by atoms with van der Waals surface area (Å²) in [5.41, 5.74) is 2.33. The molecule has 0 aromatic heterocycles. The van der Waals surface area contributed by atoms with Gasteiger partial charge in [0.15, 0.2) is 0 Å². The molecule has 4 fully saturated rings. The average molecular weight is 601 g/mol.